The second-order valence-corrected chi connectivity index (χ2v) is 6.18. The lowest BCUT2D eigenvalue weighted by molar-refractivity contribution is 0.416. The lowest BCUT2D eigenvalue weighted by Gasteiger charge is -2.10. The minimum absolute atomic E-state index is 0.0389. The highest BCUT2D eigenvalue weighted by Crippen LogP contribution is 2.32. The van der Waals surface area contributed by atoms with Gasteiger partial charge in [0.15, 0.2) is 11.0 Å². The van der Waals surface area contributed by atoms with Crippen LogP contribution in [0.2, 0.25) is 0 Å². The van der Waals surface area contributed by atoms with Gasteiger partial charge in [-0.2, -0.15) is 0 Å². The number of nitrogens with zero attached hydrogens (tertiary/aromatic N) is 3. The fourth-order valence-electron chi connectivity index (χ4n) is 2.52. The molecule has 0 N–H and O–H groups in total. The number of ether oxygens (including phenoxy) is 1. The van der Waals surface area contributed by atoms with Crippen molar-refractivity contribution < 1.29 is 13.5 Å². The van der Waals surface area contributed by atoms with Gasteiger partial charge in [-0.1, -0.05) is 30.0 Å². The van der Waals surface area contributed by atoms with E-state index in [0.29, 0.717) is 23.3 Å². The molecule has 4 nitrogen and oxygen atoms in total. The van der Waals surface area contributed by atoms with Crippen LogP contribution in [0, 0.1) is 11.6 Å². The quantitative estimate of drug-likeness (QED) is 0.604. The zero-order valence-electron chi connectivity index (χ0n) is 13.9. The second kappa shape index (κ2) is 7.65. The van der Waals surface area contributed by atoms with Crippen LogP contribution in [0.25, 0.3) is 11.4 Å². The van der Waals surface area contributed by atoms with E-state index >= 15 is 0 Å². The van der Waals surface area contributed by atoms with Crippen molar-refractivity contribution >= 4 is 11.8 Å². The molecule has 2 aromatic carbocycles. The molecule has 3 aromatic rings. The number of rotatable bonds is 6. The molecule has 0 amide bonds. The topological polar surface area (TPSA) is 39.9 Å². The fourth-order valence-corrected chi connectivity index (χ4v) is 3.54. The summed E-state index contributed by atoms with van der Waals surface area (Å²) in [5.41, 5.74) is 0.861. The number of benzene rings is 2. The molecule has 0 aliphatic carbocycles. The van der Waals surface area contributed by atoms with Gasteiger partial charge in [0.2, 0.25) is 0 Å². The van der Waals surface area contributed by atoms with E-state index in [1.165, 1.54) is 30.0 Å². The first-order valence-electron chi connectivity index (χ1n) is 7.78. The summed E-state index contributed by atoms with van der Waals surface area (Å²) >= 11 is 1.25. The second-order valence-electron chi connectivity index (χ2n) is 5.24. The molecule has 0 spiro atoms. The van der Waals surface area contributed by atoms with Gasteiger partial charge >= 0.3 is 0 Å². The first-order valence-corrected chi connectivity index (χ1v) is 8.76. The maximum atomic E-state index is 13.8. The Kier molecular flexibility index (Phi) is 5.33. The predicted octanol–water partition coefficient (Wildman–Crippen LogP) is 4.54. The van der Waals surface area contributed by atoms with E-state index in [9.17, 15) is 8.78 Å². The van der Waals surface area contributed by atoms with Crippen molar-refractivity contribution in [3.63, 3.8) is 0 Å². The smallest absolute Gasteiger partial charge is 0.191 e. The highest BCUT2D eigenvalue weighted by atomic mass is 32.2. The Bertz CT molecular complexity index is 862. The third-order valence-corrected chi connectivity index (χ3v) is 4.78. The van der Waals surface area contributed by atoms with E-state index < -0.39 is 11.6 Å². The van der Waals surface area contributed by atoms with Crippen LogP contribution in [0.15, 0.2) is 47.6 Å². The minimum Gasteiger partial charge on any atom is -0.496 e. The number of thioether (sulfide) groups is 1. The van der Waals surface area contributed by atoms with Crippen molar-refractivity contribution in [2.45, 2.75) is 24.4 Å². The van der Waals surface area contributed by atoms with Gasteiger partial charge in [-0.25, -0.2) is 8.78 Å². The van der Waals surface area contributed by atoms with E-state index in [4.69, 9.17) is 4.74 Å². The standard InChI is InChI=1S/C18H17F2N3OS/c1-3-23-17(12-7-4-5-10-16(12)24-2)21-22-18(23)25-11-13-14(19)8-6-9-15(13)20/h4-10H,3,11H2,1-2H3. The van der Waals surface area contributed by atoms with Crippen LogP contribution in [-0.4, -0.2) is 21.9 Å². The molecule has 0 saturated carbocycles. The Morgan fingerprint density at radius 3 is 2.44 bits per heavy atom. The van der Waals surface area contributed by atoms with Crippen LogP contribution in [0.5, 0.6) is 5.75 Å². The SMILES string of the molecule is CCn1c(SCc2c(F)cccc2F)nnc1-c1ccccc1OC. The van der Waals surface area contributed by atoms with E-state index in [1.807, 2.05) is 35.8 Å². The van der Waals surface area contributed by atoms with Crippen molar-refractivity contribution in [1.82, 2.24) is 14.8 Å². The normalized spacial score (nSPS) is 10.9. The van der Waals surface area contributed by atoms with Crippen LogP contribution in [0.3, 0.4) is 0 Å². The summed E-state index contributed by atoms with van der Waals surface area (Å²) in [6.07, 6.45) is 0. The largest absolute Gasteiger partial charge is 0.496 e. The van der Waals surface area contributed by atoms with E-state index in [1.54, 1.807) is 7.11 Å². The molecule has 0 fully saturated rings. The number of hydrogen-bond acceptors (Lipinski definition) is 4. The molecule has 25 heavy (non-hydrogen) atoms. The maximum Gasteiger partial charge on any atom is 0.191 e. The van der Waals surface area contributed by atoms with Gasteiger partial charge in [0.25, 0.3) is 0 Å². The average Bonchev–Trinajstić information content (AvgIpc) is 3.04. The van der Waals surface area contributed by atoms with Crippen molar-refractivity contribution in [1.29, 1.82) is 0 Å². The van der Waals surface area contributed by atoms with Crippen molar-refractivity contribution in [2.75, 3.05) is 7.11 Å². The van der Waals surface area contributed by atoms with Gasteiger partial charge < -0.3 is 9.30 Å². The summed E-state index contributed by atoms with van der Waals surface area (Å²) in [5, 5.41) is 9.04. The first-order chi connectivity index (χ1) is 12.2. The van der Waals surface area contributed by atoms with Gasteiger partial charge in [0.1, 0.15) is 17.4 Å². The van der Waals surface area contributed by atoms with E-state index in [2.05, 4.69) is 10.2 Å². The van der Waals surface area contributed by atoms with Crippen LogP contribution in [-0.2, 0) is 12.3 Å². The minimum atomic E-state index is -0.556. The van der Waals surface area contributed by atoms with Crippen LogP contribution >= 0.6 is 11.8 Å². The molecular weight excluding hydrogens is 344 g/mol. The van der Waals surface area contributed by atoms with E-state index in [0.717, 1.165) is 5.56 Å². The molecule has 1 aromatic heterocycles. The Hall–Kier alpha value is -2.41. The third kappa shape index (κ3) is 3.51. The summed E-state index contributed by atoms with van der Waals surface area (Å²) in [4.78, 5) is 0. The van der Waals surface area contributed by atoms with Gasteiger partial charge in [0.05, 0.1) is 12.7 Å². The number of hydrogen-bond donors (Lipinski definition) is 0. The summed E-state index contributed by atoms with van der Waals surface area (Å²) < 4.78 is 34.9. The molecule has 0 radical (unpaired) electrons. The molecule has 130 valence electrons. The van der Waals surface area contributed by atoms with Gasteiger partial charge in [-0.15, -0.1) is 10.2 Å². The van der Waals surface area contributed by atoms with Gasteiger partial charge in [-0.3, -0.25) is 0 Å². The summed E-state index contributed by atoms with van der Waals surface area (Å²) in [5.74, 6) is 0.389. The molecule has 0 unspecified atom stereocenters. The predicted molar refractivity (Wildman–Crippen MR) is 93.6 cm³/mol. The van der Waals surface area contributed by atoms with Crippen molar-refractivity contribution in [3.05, 3.63) is 59.7 Å². The monoisotopic (exact) mass is 361 g/mol. The highest BCUT2D eigenvalue weighted by molar-refractivity contribution is 7.98. The van der Waals surface area contributed by atoms with Crippen molar-refractivity contribution in [2.24, 2.45) is 0 Å². The first kappa shape index (κ1) is 17.4. The number of para-hydroxylation sites is 1. The number of methoxy groups -OCH3 is 1. The molecule has 0 aliphatic heterocycles. The molecule has 0 saturated heterocycles. The van der Waals surface area contributed by atoms with Crippen molar-refractivity contribution in [3.8, 4) is 17.1 Å². The molecule has 0 bridgehead atoms. The summed E-state index contributed by atoms with van der Waals surface area (Å²) in [6, 6.07) is 11.4. The van der Waals surface area contributed by atoms with Gasteiger partial charge in [0, 0.05) is 17.9 Å². The zero-order valence-corrected chi connectivity index (χ0v) is 14.7. The number of aromatic nitrogens is 3. The summed E-state index contributed by atoms with van der Waals surface area (Å²) in [6.45, 7) is 2.60. The molecule has 0 atom stereocenters. The highest BCUT2D eigenvalue weighted by Gasteiger charge is 2.17. The molecule has 7 heteroatoms. The Morgan fingerprint density at radius 2 is 1.76 bits per heavy atom. The lowest BCUT2D eigenvalue weighted by atomic mass is 10.2. The molecule has 0 aliphatic rings. The maximum absolute atomic E-state index is 13.8. The third-order valence-electron chi connectivity index (χ3n) is 3.79. The average molecular weight is 361 g/mol. The zero-order chi connectivity index (χ0) is 17.8. The Balaban J connectivity index is 1.90. The Labute approximate surface area is 148 Å². The Morgan fingerprint density at radius 1 is 1.04 bits per heavy atom. The van der Waals surface area contributed by atoms with Gasteiger partial charge in [-0.05, 0) is 31.2 Å². The van der Waals surface area contributed by atoms with Crippen LogP contribution < -0.4 is 4.74 Å². The molecular formula is C18H17F2N3OS. The lowest BCUT2D eigenvalue weighted by Crippen LogP contribution is -2.01. The molecule has 1 heterocycles. The summed E-state index contributed by atoms with van der Waals surface area (Å²) in [7, 11) is 1.60. The number of halogens is 2. The molecule has 3 rings (SSSR count). The van der Waals surface area contributed by atoms with Crippen LogP contribution in [0.4, 0.5) is 8.78 Å². The van der Waals surface area contributed by atoms with Crippen LogP contribution in [0.1, 0.15) is 12.5 Å². The van der Waals surface area contributed by atoms with E-state index in [-0.39, 0.29) is 11.3 Å². The fraction of sp³-hybridized carbons (Fsp3) is 0.222.